The van der Waals surface area contributed by atoms with Crippen molar-refractivity contribution in [1.82, 2.24) is 10.3 Å². The predicted octanol–water partition coefficient (Wildman–Crippen LogP) is 3.17. The molecule has 1 unspecified atom stereocenters. The van der Waals surface area contributed by atoms with Gasteiger partial charge in [0.25, 0.3) is 0 Å². The lowest BCUT2D eigenvalue weighted by atomic mass is 9.89. The van der Waals surface area contributed by atoms with Crippen LogP contribution in [0, 0.1) is 13.8 Å². The summed E-state index contributed by atoms with van der Waals surface area (Å²) in [7, 11) is 1.74. The van der Waals surface area contributed by atoms with E-state index in [0.29, 0.717) is 0 Å². The van der Waals surface area contributed by atoms with E-state index in [1.807, 2.05) is 13.1 Å². The van der Waals surface area contributed by atoms with Crippen molar-refractivity contribution in [3.8, 4) is 5.75 Å². The molecule has 1 aromatic rings. The number of methoxy groups -OCH3 is 1. The van der Waals surface area contributed by atoms with Gasteiger partial charge in [-0.2, -0.15) is 0 Å². The number of hydrogen-bond donors (Lipinski definition) is 1. The van der Waals surface area contributed by atoms with E-state index < -0.39 is 0 Å². The molecule has 1 saturated heterocycles. The van der Waals surface area contributed by atoms with Gasteiger partial charge in [-0.15, -0.1) is 0 Å². The molecule has 19 heavy (non-hydrogen) atoms. The van der Waals surface area contributed by atoms with Gasteiger partial charge in [0.15, 0.2) is 0 Å². The van der Waals surface area contributed by atoms with Crippen LogP contribution in [-0.2, 0) is 6.42 Å². The third-order valence-electron chi connectivity index (χ3n) is 4.26. The second kappa shape index (κ2) is 5.91. The molecule has 1 aliphatic heterocycles. The Hall–Kier alpha value is -1.09. The molecule has 1 aliphatic rings. The molecule has 106 valence electrons. The number of rotatable bonds is 3. The fourth-order valence-electron chi connectivity index (χ4n) is 3.07. The first-order valence-corrected chi connectivity index (χ1v) is 7.30. The van der Waals surface area contributed by atoms with Gasteiger partial charge in [0.2, 0.25) is 0 Å². The lowest BCUT2D eigenvalue weighted by Gasteiger charge is -2.30. The Bertz CT molecular complexity index is 435. The van der Waals surface area contributed by atoms with E-state index in [2.05, 4.69) is 24.1 Å². The number of aromatic nitrogens is 1. The molecule has 0 spiro atoms. The largest absolute Gasteiger partial charge is 0.496 e. The van der Waals surface area contributed by atoms with Crippen LogP contribution in [0.15, 0.2) is 6.20 Å². The van der Waals surface area contributed by atoms with Crippen molar-refractivity contribution in [3.63, 3.8) is 0 Å². The highest BCUT2D eigenvalue weighted by Crippen LogP contribution is 2.28. The quantitative estimate of drug-likeness (QED) is 0.908. The van der Waals surface area contributed by atoms with Gasteiger partial charge in [-0.1, -0.05) is 12.8 Å². The molecule has 1 N–H and O–H groups in total. The zero-order valence-corrected chi connectivity index (χ0v) is 12.7. The van der Waals surface area contributed by atoms with Gasteiger partial charge in [-0.3, -0.25) is 4.98 Å². The third kappa shape index (κ3) is 3.27. The minimum atomic E-state index is 0.175. The molecule has 0 aromatic carbocycles. The highest BCUT2D eigenvalue weighted by molar-refractivity contribution is 5.41. The maximum Gasteiger partial charge on any atom is 0.128 e. The van der Waals surface area contributed by atoms with Crippen molar-refractivity contribution < 1.29 is 4.74 Å². The molecule has 1 aromatic heterocycles. The molecule has 0 saturated carbocycles. The third-order valence-corrected chi connectivity index (χ3v) is 4.26. The Labute approximate surface area is 116 Å². The minimum absolute atomic E-state index is 0.175. The van der Waals surface area contributed by atoms with Gasteiger partial charge < -0.3 is 10.1 Å². The number of pyridine rings is 1. The first-order valence-electron chi connectivity index (χ1n) is 7.30. The Morgan fingerprint density at radius 3 is 2.84 bits per heavy atom. The molecule has 0 amide bonds. The summed E-state index contributed by atoms with van der Waals surface area (Å²) in [5.41, 5.74) is 3.64. The van der Waals surface area contributed by atoms with Gasteiger partial charge in [0.05, 0.1) is 7.11 Å². The fourth-order valence-corrected chi connectivity index (χ4v) is 3.07. The molecule has 1 atom stereocenters. The maximum absolute atomic E-state index is 5.50. The smallest absolute Gasteiger partial charge is 0.128 e. The number of hydrogen-bond acceptors (Lipinski definition) is 3. The van der Waals surface area contributed by atoms with Crippen molar-refractivity contribution in [2.24, 2.45) is 0 Å². The highest BCUT2D eigenvalue weighted by atomic mass is 16.5. The van der Waals surface area contributed by atoms with Crippen LogP contribution in [0.3, 0.4) is 0 Å². The van der Waals surface area contributed by atoms with E-state index in [1.54, 1.807) is 7.11 Å². The SMILES string of the molecule is COc1c(C)cnc(CC2(C)CCCCCN2)c1C. The average Bonchev–Trinajstić information content (AvgIpc) is 2.59. The molecule has 1 fully saturated rings. The topological polar surface area (TPSA) is 34.1 Å². The second-order valence-corrected chi connectivity index (χ2v) is 6.02. The summed E-state index contributed by atoms with van der Waals surface area (Å²) in [4.78, 5) is 4.64. The molecule has 2 rings (SSSR count). The average molecular weight is 262 g/mol. The molecular formula is C16H26N2O. The Morgan fingerprint density at radius 2 is 2.11 bits per heavy atom. The Balaban J connectivity index is 2.22. The van der Waals surface area contributed by atoms with Crippen LogP contribution in [0.25, 0.3) is 0 Å². The monoisotopic (exact) mass is 262 g/mol. The summed E-state index contributed by atoms with van der Waals surface area (Å²) in [6.07, 6.45) is 8.08. The van der Waals surface area contributed by atoms with Gasteiger partial charge in [-0.25, -0.2) is 0 Å². The minimum Gasteiger partial charge on any atom is -0.496 e. The molecular weight excluding hydrogens is 236 g/mol. The first-order chi connectivity index (χ1) is 9.06. The zero-order chi connectivity index (χ0) is 13.9. The summed E-state index contributed by atoms with van der Waals surface area (Å²) in [6, 6.07) is 0. The highest BCUT2D eigenvalue weighted by Gasteiger charge is 2.27. The van der Waals surface area contributed by atoms with E-state index in [9.17, 15) is 0 Å². The van der Waals surface area contributed by atoms with Gasteiger partial charge >= 0.3 is 0 Å². The normalized spacial score (nSPS) is 24.0. The van der Waals surface area contributed by atoms with Crippen molar-refractivity contribution >= 4 is 0 Å². The van der Waals surface area contributed by atoms with Crippen LogP contribution < -0.4 is 10.1 Å². The predicted molar refractivity (Wildman–Crippen MR) is 78.8 cm³/mol. The van der Waals surface area contributed by atoms with Crippen molar-refractivity contribution in [3.05, 3.63) is 23.0 Å². The van der Waals surface area contributed by atoms with Crippen molar-refractivity contribution in [2.75, 3.05) is 13.7 Å². The zero-order valence-electron chi connectivity index (χ0n) is 12.7. The molecule has 0 aliphatic carbocycles. The van der Waals surface area contributed by atoms with Gasteiger partial charge in [0, 0.05) is 35.0 Å². The lowest BCUT2D eigenvalue weighted by molar-refractivity contribution is 0.340. The number of nitrogens with one attached hydrogen (secondary N) is 1. The maximum atomic E-state index is 5.50. The van der Waals surface area contributed by atoms with E-state index >= 15 is 0 Å². The molecule has 2 heterocycles. The van der Waals surface area contributed by atoms with Crippen molar-refractivity contribution in [1.29, 1.82) is 0 Å². The van der Waals surface area contributed by atoms with E-state index in [1.165, 1.54) is 36.9 Å². The van der Waals surface area contributed by atoms with Gasteiger partial charge in [-0.05, 0) is 40.2 Å². The van der Waals surface area contributed by atoms with Crippen molar-refractivity contribution in [2.45, 2.75) is 58.4 Å². The standard InChI is InChI=1S/C16H26N2O/c1-12-11-17-14(13(2)15(12)19-4)10-16(3)8-6-5-7-9-18-16/h11,18H,5-10H2,1-4H3. The van der Waals surface area contributed by atoms with Crippen LogP contribution in [0.2, 0.25) is 0 Å². The van der Waals surface area contributed by atoms with Crippen LogP contribution in [-0.4, -0.2) is 24.2 Å². The molecule has 3 heteroatoms. The molecule has 3 nitrogen and oxygen atoms in total. The summed E-state index contributed by atoms with van der Waals surface area (Å²) in [6.45, 7) is 7.62. The first kappa shape index (κ1) is 14.3. The summed E-state index contributed by atoms with van der Waals surface area (Å²) in [5.74, 6) is 0.988. The van der Waals surface area contributed by atoms with E-state index in [0.717, 1.165) is 24.3 Å². The Morgan fingerprint density at radius 1 is 1.32 bits per heavy atom. The van der Waals surface area contributed by atoms with Crippen LogP contribution >= 0.6 is 0 Å². The van der Waals surface area contributed by atoms with Crippen LogP contribution in [0.1, 0.15) is 49.4 Å². The lowest BCUT2D eigenvalue weighted by Crippen LogP contribution is -2.44. The summed E-state index contributed by atoms with van der Waals surface area (Å²) >= 11 is 0. The molecule has 0 radical (unpaired) electrons. The summed E-state index contributed by atoms with van der Waals surface area (Å²) in [5, 5.41) is 3.70. The molecule has 0 bridgehead atoms. The van der Waals surface area contributed by atoms with Crippen LogP contribution in [0.5, 0.6) is 5.75 Å². The number of ether oxygens (including phenoxy) is 1. The van der Waals surface area contributed by atoms with Gasteiger partial charge in [0.1, 0.15) is 5.75 Å². The second-order valence-electron chi connectivity index (χ2n) is 6.02. The number of nitrogens with zero attached hydrogens (tertiary/aromatic N) is 1. The summed E-state index contributed by atoms with van der Waals surface area (Å²) < 4.78 is 5.50. The van der Waals surface area contributed by atoms with E-state index in [4.69, 9.17) is 4.74 Å². The van der Waals surface area contributed by atoms with Crippen LogP contribution in [0.4, 0.5) is 0 Å². The Kier molecular flexibility index (Phi) is 4.46. The number of aryl methyl sites for hydroxylation is 1. The fraction of sp³-hybridized carbons (Fsp3) is 0.688. The van der Waals surface area contributed by atoms with E-state index in [-0.39, 0.29) is 5.54 Å².